The van der Waals surface area contributed by atoms with E-state index in [1.54, 1.807) is 6.20 Å². The highest BCUT2D eigenvalue weighted by Gasteiger charge is 2.16. The number of piperidine rings is 1. The first-order valence-corrected chi connectivity index (χ1v) is 7.76. The average molecular weight is 337 g/mol. The van der Waals surface area contributed by atoms with Crippen LogP contribution in [-0.2, 0) is 6.42 Å². The monoisotopic (exact) mass is 336 g/mol. The van der Waals surface area contributed by atoms with Crippen LogP contribution in [0.15, 0.2) is 27.3 Å². The van der Waals surface area contributed by atoms with Gasteiger partial charge in [0.05, 0.1) is 0 Å². The normalized spacial score (nSPS) is 16.4. The summed E-state index contributed by atoms with van der Waals surface area (Å²) in [4.78, 5) is 8.71. The van der Waals surface area contributed by atoms with E-state index < -0.39 is 0 Å². The highest BCUT2D eigenvalue weighted by atomic mass is 79.9. The molecule has 2 aromatic rings. The number of aryl methyl sites for hydroxylation is 1. The molecule has 3 heterocycles. The van der Waals surface area contributed by atoms with Gasteiger partial charge < -0.3 is 9.84 Å². The number of hydrogen-bond acceptors (Lipinski definition) is 5. The number of nitrogens with zero attached hydrogens (tertiary/aromatic N) is 3. The fourth-order valence-electron chi connectivity index (χ4n) is 2.50. The molecule has 3 rings (SSSR count). The Labute approximate surface area is 126 Å². The lowest BCUT2D eigenvalue weighted by Gasteiger charge is -2.21. The largest absolute Gasteiger partial charge is 0.339 e. The van der Waals surface area contributed by atoms with Crippen molar-refractivity contribution < 1.29 is 4.52 Å². The molecule has 0 unspecified atom stereocenters. The number of aromatic nitrogens is 3. The first-order chi connectivity index (χ1) is 9.83. The second-order valence-corrected chi connectivity index (χ2v) is 5.93. The van der Waals surface area contributed by atoms with Crippen LogP contribution in [0.3, 0.4) is 0 Å². The maximum Gasteiger partial charge on any atom is 0.227 e. The molecule has 1 N–H and O–H groups in total. The molecule has 0 aromatic carbocycles. The van der Waals surface area contributed by atoms with Crippen molar-refractivity contribution in [3.05, 3.63) is 28.7 Å². The second kappa shape index (κ2) is 6.45. The van der Waals surface area contributed by atoms with Crippen molar-refractivity contribution >= 4 is 15.9 Å². The van der Waals surface area contributed by atoms with Gasteiger partial charge in [-0.1, -0.05) is 5.16 Å². The van der Waals surface area contributed by atoms with E-state index in [1.165, 1.54) is 12.8 Å². The summed E-state index contributed by atoms with van der Waals surface area (Å²) in [6, 6.07) is 3.79. The summed E-state index contributed by atoms with van der Waals surface area (Å²) in [5.74, 6) is 2.03. The molecular weight excluding hydrogens is 320 g/mol. The minimum absolute atomic E-state index is 0.554. The maximum atomic E-state index is 5.33. The van der Waals surface area contributed by atoms with Crippen LogP contribution in [0.2, 0.25) is 0 Å². The van der Waals surface area contributed by atoms with Gasteiger partial charge in [-0.25, -0.2) is 0 Å². The molecule has 0 spiro atoms. The van der Waals surface area contributed by atoms with Crippen molar-refractivity contribution in [1.82, 2.24) is 20.4 Å². The van der Waals surface area contributed by atoms with Crippen LogP contribution < -0.4 is 5.32 Å². The highest BCUT2D eigenvalue weighted by Crippen LogP contribution is 2.24. The third-order valence-corrected chi connectivity index (χ3v) is 4.30. The quantitative estimate of drug-likeness (QED) is 0.929. The first kappa shape index (κ1) is 13.7. The highest BCUT2D eigenvalue weighted by molar-refractivity contribution is 9.10. The first-order valence-electron chi connectivity index (χ1n) is 6.97. The summed E-state index contributed by atoms with van der Waals surface area (Å²) in [6.07, 6.45) is 6.18. The second-order valence-electron chi connectivity index (χ2n) is 5.08. The topological polar surface area (TPSA) is 63.8 Å². The average Bonchev–Trinajstić information content (AvgIpc) is 2.95. The Hall–Kier alpha value is -1.27. The van der Waals surface area contributed by atoms with Crippen LogP contribution >= 0.6 is 15.9 Å². The molecule has 1 fully saturated rings. The van der Waals surface area contributed by atoms with E-state index in [-0.39, 0.29) is 0 Å². The van der Waals surface area contributed by atoms with E-state index in [0.29, 0.717) is 11.7 Å². The lowest BCUT2D eigenvalue weighted by atomic mass is 9.93. The van der Waals surface area contributed by atoms with Gasteiger partial charge in [0, 0.05) is 17.1 Å². The molecule has 0 radical (unpaired) electrons. The molecular formula is C14H17BrN4O. The third kappa shape index (κ3) is 3.24. The van der Waals surface area contributed by atoms with Crippen LogP contribution in [0.4, 0.5) is 0 Å². The van der Waals surface area contributed by atoms with Crippen LogP contribution in [0.1, 0.15) is 25.2 Å². The molecule has 1 aliphatic heterocycles. The summed E-state index contributed by atoms with van der Waals surface area (Å²) < 4.78 is 6.21. The maximum absolute atomic E-state index is 5.33. The lowest BCUT2D eigenvalue weighted by Crippen LogP contribution is -2.27. The molecule has 106 valence electrons. The smallest absolute Gasteiger partial charge is 0.227 e. The van der Waals surface area contributed by atoms with Gasteiger partial charge in [0.2, 0.25) is 11.7 Å². The van der Waals surface area contributed by atoms with Gasteiger partial charge in [-0.05, 0) is 66.3 Å². The zero-order valence-corrected chi connectivity index (χ0v) is 12.8. The van der Waals surface area contributed by atoms with Gasteiger partial charge in [-0.2, -0.15) is 4.98 Å². The number of hydrogen-bond donors (Lipinski definition) is 1. The molecule has 0 bridgehead atoms. The summed E-state index contributed by atoms with van der Waals surface area (Å²) in [7, 11) is 0. The zero-order chi connectivity index (χ0) is 13.8. The van der Waals surface area contributed by atoms with Crippen molar-refractivity contribution in [1.29, 1.82) is 0 Å². The molecule has 2 aromatic heterocycles. The minimum atomic E-state index is 0.554. The van der Waals surface area contributed by atoms with Crippen molar-refractivity contribution in [2.75, 3.05) is 13.1 Å². The summed E-state index contributed by atoms with van der Waals surface area (Å²) >= 11 is 3.45. The van der Waals surface area contributed by atoms with E-state index in [1.807, 2.05) is 12.1 Å². The van der Waals surface area contributed by atoms with Gasteiger partial charge in [0.15, 0.2) is 0 Å². The van der Waals surface area contributed by atoms with Crippen molar-refractivity contribution in [2.24, 2.45) is 5.92 Å². The van der Waals surface area contributed by atoms with Crippen LogP contribution in [0.25, 0.3) is 11.5 Å². The van der Waals surface area contributed by atoms with Crippen LogP contribution in [0, 0.1) is 5.92 Å². The Morgan fingerprint density at radius 2 is 2.20 bits per heavy atom. The number of halogens is 1. The Morgan fingerprint density at radius 3 is 3.00 bits per heavy atom. The fourth-order valence-corrected chi connectivity index (χ4v) is 2.93. The van der Waals surface area contributed by atoms with Gasteiger partial charge >= 0.3 is 0 Å². The molecule has 0 atom stereocenters. The predicted molar refractivity (Wildman–Crippen MR) is 79.1 cm³/mol. The van der Waals surface area contributed by atoms with Gasteiger partial charge in [-0.3, -0.25) is 4.98 Å². The van der Waals surface area contributed by atoms with Gasteiger partial charge in [-0.15, -0.1) is 0 Å². The minimum Gasteiger partial charge on any atom is -0.339 e. The van der Waals surface area contributed by atoms with Crippen LogP contribution in [-0.4, -0.2) is 28.2 Å². The number of nitrogens with one attached hydrogen (secondary N) is 1. The van der Waals surface area contributed by atoms with E-state index in [2.05, 4.69) is 36.4 Å². The van der Waals surface area contributed by atoms with E-state index >= 15 is 0 Å². The van der Waals surface area contributed by atoms with E-state index in [0.717, 1.165) is 42.0 Å². The van der Waals surface area contributed by atoms with E-state index in [4.69, 9.17) is 4.52 Å². The number of rotatable bonds is 4. The number of pyridine rings is 1. The zero-order valence-electron chi connectivity index (χ0n) is 11.2. The molecule has 0 amide bonds. The summed E-state index contributed by atoms with van der Waals surface area (Å²) in [6.45, 7) is 2.25. The fraction of sp³-hybridized carbons (Fsp3) is 0.500. The molecule has 0 aliphatic carbocycles. The van der Waals surface area contributed by atoms with Crippen molar-refractivity contribution in [3.63, 3.8) is 0 Å². The molecule has 1 aliphatic rings. The van der Waals surface area contributed by atoms with Gasteiger partial charge in [0.25, 0.3) is 0 Å². The van der Waals surface area contributed by atoms with Crippen LogP contribution in [0.5, 0.6) is 0 Å². The predicted octanol–water partition coefficient (Wildman–Crippen LogP) is 2.83. The summed E-state index contributed by atoms with van der Waals surface area (Å²) in [5, 5.41) is 7.40. The Morgan fingerprint density at radius 1 is 1.35 bits per heavy atom. The standard InChI is InChI=1S/C14H17BrN4O/c15-11-2-1-7-17-13(11)14-18-12(20-19-14)4-3-10-5-8-16-9-6-10/h1-2,7,10,16H,3-6,8-9H2. The van der Waals surface area contributed by atoms with Gasteiger partial charge in [0.1, 0.15) is 5.69 Å². The Bertz CT molecular complexity index is 566. The SMILES string of the molecule is Brc1cccnc1-c1noc(CCC2CCNCC2)n1. The molecule has 0 saturated carbocycles. The Kier molecular flexibility index (Phi) is 4.42. The van der Waals surface area contributed by atoms with E-state index in [9.17, 15) is 0 Å². The molecule has 6 heteroatoms. The summed E-state index contributed by atoms with van der Waals surface area (Å²) in [5.41, 5.74) is 0.726. The lowest BCUT2D eigenvalue weighted by molar-refractivity contribution is 0.324. The molecule has 1 saturated heterocycles. The third-order valence-electron chi connectivity index (χ3n) is 3.66. The molecule has 20 heavy (non-hydrogen) atoms. The molecule has 5 nitrogen and oxygen atoms in total. The Balaban J connectivity index is 1.63. The van der Waals surface area contributed by atoms with Crippen molar-refractivity contribution in [2.45, 2.75) is 25.7 Å². The van der Waals surface area contributed by atoms with Crippen molar-refractivity contribution in [3.8, 4) is 11.5 Å².